The van der Waals surface area contributed by atoms with E-state index < -0.39 is 10.0 Å². The van der Waals surface area contributed by atoms with Gasteiger partial charge >= 0.3 is 0 Å². The third-order valence-electron chi connectivity index (χ3n) is 7.18. The quantitative estimate of drug-likeness (QED) is 0.466. The highest BCUT2D eigenvalue weighted by Gasteiger charge is 2.31. The van der Waals surface area contributed by atoms with E-state index in [1.54, 1.807) is 54.1 Å². The van der Waals surface area contributed by atoms with Crippen molar-refractivity contribution in [2.24, 2.45) is 0 Å². The lowest BCUT2D eigenvalue weighted by Crippen LogP contribution is -2.48. The molecule has 2 aliphatic rings. The van der Waals surface area contributed by atoms with Crippen molar-refractivity contribution in [2.75, 3.05) is 51.8 Å². The molecule has 1 aromatic heterocycles. The maximum absolute atomic E-state index is 13.2. The molecule has 11 heteroatoms. The first-order chi connectivity index (χ1) is 17.8. The van der Waals surface area contributed by atoms with E-state index in [4.69, 9.17) is 14.5 Å². The van der Waals surface area contributed by atoms with Crippen LogP contribution in [0.4, 0.5) is 5.13 Å². The Hall–Kier alpha value is -2.89. The van der Waals surface area contributed by atoms with Crippen LogP contribution < -0.4 is 14.4 Å². The average molecular weight is 545 g/mol. The summed E-state index contributed by atoms with van der Waals surface area (Å²) in [6.45, 7) is 4.93. The Morgan fingerprint density at radius 3 is 2.35 bits per heavy atom. The molecule has 0 bridgehead atoms. The molecule has 3 heterocycles. The maximum Gasteiger partial charge on any atom is 0.253 e. The summed E-state index contributed by atoms with van der Waals surface area (Å²) in [7, 11) is -0.344. The van der Waals surface area contributed by atoms with Gasteiger partial charge in [0.2, 0.25) is 10.0 Å². The smallest absolute Gasteiger partial charge is 0.253 e. The Morgan fingerprint density at radius 2 is 1.70 bits per heavy atom. The second-order valence-corrected chi connectivity index (χ2v) is 12.3. The lowest BCUT2D eigenvalue weighted by atomic mass is 10.1. The fraction of sp³-hybridized carbons (Fsp3) is 0.462. The van der Waals surface area contributed by atoms with Crippen molar-refractivity contribution in [3.05, 3.63) is 42.0 Å². The van der Waals surface area contributed by atoms with Gasteiger partial charge in [0, 0.05) is 44.3 Å². The Kier molecular flexibility index (Phi) is 7.28. The van der Waals surface area contributed by atoms with E-state index in [1.807, 2.05) is 24.0 Å². The first-order valence-electron chi connectivity index (χ1n) is 12.5. The number of piperidine rings is 1. The highest BCUT2D eigenvalue weighted by atomic mass is 32.2. The average Bonchev–Trinajstić information content (AvgIpc) is 3.37. The van der Waals surface area contributed by atoms with E-state index in [1.165, 1.54) is 0 Å². The summed E-state index contributed by atoms with van der Waals surface area (Å²) >= 11 is 1.59. The van der Waals surface area contributed by atoms with Crippen molar-refractivity contribution in [3.63, 3.8) is 0 Å². The molecule has 1 atom stereocenters. The van der Waals surface area contributed by atoms with Crippen molar-refractivity contribution in [1.82, 2.24) is 14.2 Å². The molecule has 2 saturated heterocycles. The monoisotopic (exact) mass is 544 g/mol. The lowest BCUT2D eigenvalue weighted by molar-refractivity contribution is 0.0746. The van der Waals surface area contributed by atoms with Crippen molar-refractivity contribution in [1.29, 1.82) is 0 Å². The molecule has 0 N–H and O–H groups in total. The van der Waals surface area contributed by atoms with E-state index in [0.29, 0.717) is 49.8 Å². The van der Waals surface area contributed by atoms with Crippen LogP contribution in [0.1, 0.15) is 36.5 Å². The zero-order chi connectivity index (χ0) is 26.2. The van der Waals surface area contributed by atoms with E-state index >= 15 is 0 Å². The molecule has 3 aromatic rings. The number of nitrogens with zero attached hydrogens (tertiary/aromatic N) is 4. The fourth-order valence-electron chi connectivity index (χ4n) is 5.05. The number of carbonyl (C=O) groups excluding carboxylic acids is 1. The molecule has 9 nitrogen and oxygen atoms in total. The van der Waals surface area contributed by atoms with Gasteiger partial charge in [-0.3, -0.25) is 4.79 Å². The molecule has 37 heavy (non-hydrogen) atoms. The summed E-state index contributed by atoms with van der Waals surface area (Å²) < 4.78 is 39.7. The molecule has 0 radical (unpaired) electrons. The third-order valence-corrected chi connectivity index (χ3v) is 10.3. The summed E-state index contributed by atoms with van der Waals surface area (Å²) in [5.74, 6) is 1.17. The molecule has 2 fully saturated rings. The number of ether oxygens (including phenoxy) is 2. The number of hydrogen-bond acceptors (Lipinski definition) is 8. The number of hydrogen-bond donors (Lipinski definition) is 0. The van der Waals surface area contributed by atoms with Gasteiger partial charge in [-0.05, 0) is 56.2 Å². The first kappa shape index (κ1) is 25.7. The highest BCUT2D eigenvalue weighted by Crippen LogP contribution is 2.40. The van der Waals surface area contributed by atoms with Crippen molar-refractivity contribution in [2.45, 2.75) is 37.1 Å². The second-order valence-electron chi connectivity index (χ2n) is 9.41. The molecule has 1 amide bonds. The van der Waals surface area contributed by atoms with Gasteiger partial charge in [-0.1, -0.05) is 17.8 Å². The zero-order valence-electron chi connectivity index (χ0n) is 21.3. The van der Waals surface area contributed by atoms with Crippen LogP contribution in [0, 0.1) is 0 Å². The molecule has 0 saturated carbocycles. The predicted molar refractivity (Wildman–Crippen MR) is 144 cm³/mol. The van der Waals surface area contributed by atoms with Crippen LogP contribution in [0.5, 0.6) is 11.5 Å². The largest absolute Gasteiger partial charge is 0.493 e. The molecule has 1 unspecified atom stereocenters. The maximum atomic E-state index is 13.2. The molecular weight excluding hydrogens is 512 g/mol. The number of sulfonamides is 1. The van der Waals surface area contributed by atoms with Crippen LogP contribution in [-0.2, 0) is 10.0 Å². The van der Waals surface area contributed by atoms with Gasteiger partial charge in [-0.2, -0.15) is 4.31 Å². The Morgan fingerprint density at radius 1 is 0.973 bits per heavy atom. The summed E-state index contributed by atoms with van der Waals surface area (Å²) in [5, 5.41) is 0.884. The minimum atomic E-state index is -3.56. The number of aromatic nitrogens is 1. The zero-order valence-corrected chi connectivity index (χ0v) is 23.0. The van der Waals surface area contributed by atoms with Crippen LogP contribution in [-0.4, -0.2) is 81.5 Å². The number of fused-ring (bicyclic) bond motifs is 1. The Labute approximate surface area is 221 Å². The molecule has 198 valence electrons. The van der Waals surface area contributed by atoms with E-state index in [2.05, 4.69) is 4.90 Å². The summed E-state index contributed by atoms with van der Waals surface area (Å²) in [6.07, 6.45) is 2.81. The van der Waals surface area contributed by atoms with Crippen molar-refractivity contribution >= 4 is 42.6 Å². The molecule has 5 rings (SSSR count). The number of anilines is 1. The van der Waals surface area contributed by atoms with Gasteiger partial charge in [0.05, 0.1) is 23.8 Å². The molecule has 2 aliphatic heterocycles. The molecule has 0 spiro atoms. The minimum Gasteiger partial charge on any atom is -0.493 e. The van der Waals surface area contributed by atoms with Gasteiger partial charge in [0.15, 0.2) is 16.6 Å². The van der Waals surface area contributed by atoms with E-state index in [-0.39, 0.29) is 16.8 Å². The van der Waals surface area contributed by atoms with Crippen molar-refractivity contribution in [3.8, 4) is 11.5 Å². The lowest BCUT2D eigenvalue weighted by Gasteiger charge is -2.34. The molecule has 0 aliphatic carbocycles. The third kappa shape index (κ3) is 4.87. The van der Waals surface area contributed by atoms with E-state index in [0.717, 1.165) is 34.6 Å². The number of thiazole rings is 1. The topological polar surface area (TPSA) is 92.3 Å². The van der Waals surface area contributed by atoms with Crippen LogP contribution in [0.2, 0.25) is 0 Å². The van der Waals surface area contributed by atoms with Gasteiger partial charge in [-0.15, -0.1) is 0 Å². The summed E-state index contributed by atoms with van der Waals surface area (Å²) in [6, 6.07) is 10.2. The van der Waals surface area contributed by atoms with Gasteiger partial charge in [0.25, 0.3) is 5.91 Å². The first-order valence-corrected chi connectivity index (χ1v) is 14.8. The highest BCUT2D eigenvalue weighted by molar-refractivity contribution is 7.89. The van der Waals surface area contributed by atoms with Crippen LogP contribution in [0.25, 0.3) is 10.2 Å². The predicted octanol–water partition coefficient (Wildman–Crippen LogP) is 3.84. The van der Waals surface area contributed by atoms with Crippen LogP contribution in [0.15, 0.2) is 41.3 Å². The number of benzene rings is 2. The number of piperazine rings is 1. The Bertz CT molecular complexity index is 1380. The second kappa shape index (κ2) is 10.5. The van der Waals surface area contributed by atoms with Gasteiger partial charge in [-0.25, -0.2) is 13.4 Å². The number of rotatable bonds is 6. The molecule has 2 aromatic carbocycles. The standard InChI is InChI=1S/C26H32N4O5S2/c1-18-6-4-5-13-30(18)37(32,33)20-9-7-19(8-10-20)25(31)28-14-16-29(17-15-28)26-27-23-22(36-26)12-11-21(34-2)24(23)35-3/h7-12,18H,4-6,13-17H2,1-3H3. The minimum absolute atomic E-state index is 0.00472. The van der Waals surface area contributed by atoms with Gasteiger partial charge < -0.3 is 19.3 Å². The normalized spacial score (nSPS) is 19.3. The summed E-state index contributed by atoms with van der Waals surface area (Å²) in [5.41, 5.74) is 1.27. The van der Waals surface area contributed by atoms with Crippen molar-refractivity contribution < 1.29 is 22.7 Å². The SMILES string of the molecule is COc1ccc2sc(N3CCN(C(=O)c4ccc(S(=O)(=O)N5CCCCC5C)cc4)CC3)nc2c1OC. The number of carbonyl (C=O) groups is 1. The van der Waals surface area contributed by atoms with E-state index in [9.17, 15) is 13.2 Å². The van der Waals surface area contributed by atoms with Gasteiger partial charge in [0.1, 0.15) is 5.52 Å². The van der Waals surface area contributed by atoms with Crippen LogP contribution >= 0.6 is 11.3 Å². The number of amides is 1. The van der Waals surface area contributed by atoms with Crippen LogP contribution in [0.3, 0.4) is 0 Å². The summed E-state index contributed by atoms with van der Waals surface area (Å²) in [4.78, 5) is 22.2. The fourth-order valence-corrected chi connectivity index (χ4v) is 7.77. The number of methoxy groups -OCH3 is 2. The molecular formula is C26H32N4O5S2. The Balaban J connectivity index is 1.25.